The number of piperazine rings is 1. The first-order valence-corrected chi connectivity index (χ1v) is 7.21. The highest BCUT2D eigenvalue weighted by Crippen LogP contribution is 2.30. The summed E-state index contributed by atoms with van der Waals surface area (Å²) in [7, 11) is 0. The minimum absolute atomic E-state index is 0.115. The SMILES string of the molecule is CC(C)N1CCN(c2ccc([N+](=O)[O-])c(Br)c2)CC1. The van der Waals surface area contributed by atoms with Gasteiger partial charge in [0.2, 0.25) is 0 Å². The molecule has 0 radical (unpaired) electrons. The zero-order valence-electron chi connectivity index (χ0n) is 11.2. The first-order valence-electron chi connectivity index (χ1n) is 6.42. The van der Waals surface area contributed by atoms with Crippen molar-refractivity contribution >= 4 is 27.3 Å². The van der Waals surface area contributed by atoms with Crippen molar-refractivity contribution in [1.82, 2.24) is 4.90 Å². The van der Waals surface area contributed by atoms with Crippen molar-refractivity contribution in [1.29, 1.82) is 0 Å². The zero-order chi connectivity index (χ0) is 14.0. The largest absolute Gasteiger partial charge is 0.369 e. The van der Waals surface area contributed by atoms with Crippen LogP contribution in [0, 0.1) is 10.1 Å². The smallest absolute Gasteiger partial charge is 0.283 e. The van der Waals surface area contributed by atoms with Crippen molar-refractivity contribution in [3.63, 3.8) is 0 Å². The molecule has 0 aliphatic carbocycles. The lowest BCUT2D eigenvalue weighted by atomic mass is 10.2. The van der Waals surface area contributed by atoms with Gasteiger partial charge in [0, 0.05) is 44.0 Å². The van der Waals surface area contributed by atoms with E-state index in [1.165, 1.54) is 0 Å². The van der Waals surface area contributed by atoms with Crippen LogP contribution >= 0.6 is 15.9 Å². The van der Waals surface area contributed by atoms with E-state index < -0.39 is 0 Å². The molecule has 1 aromatic rings. The zero-order valence-corrected chi connectivity index (χ0v) is 12.8. The van der Waals surface area contributed by atoms with Crippen molar-refractivity contribution < 1.29 is 4.92 Å². The summed E-state index contributed by atoms with van der Waals surface area (Å²) >= 11 is 3.27. The number of anilines is 1. The molecule has 0 atom stereocenters. The van der Waals surface area contributed by atoms with Crippen LogP contribution < -0.4 is 4.90 Å². The lowest BCUT2D eigenvalue weighted by molar-refractivity contribution is -0.385. The average Bonchev–Trinajstić information content (AvgIpc) is 2.38. The van der Waals surface area contributed by atoms with Gasteiger partial charge in [0.1, 0.15) is 0 Å². The van der Waals surface area contributed by atoms with Gasteiger partial charge in [-0.15, -0.1) is 0 Å². The number of benzene rings is 1. The second-order valence-electron chi connectivity index (χ2n) is 5.01. The first kappa shape index (κ1) is 14.3. The van der Waals surface area contributed by atoms with E-state index in [1.807, 2.05) is 12.1 Å². The minimum Gasteiger partial charge on any atom is -0.369 e. The van der Waals surface area contributed by atoms with Gasteiger partial charge in [-0.05, 0) is 41.9 Å². The van der Waals surface area contributed by atoms with Crippen LogP contribution in [0.4, 0.5) is 11.4 Å². The van der Waals surface area contributed by atoms with Crippen molar-refractivity contribution in [2.24, 2.45) is 0 Å². The van der Waals surface area contributed by atoms with E-state index in [0.29, 0.717) is 10.5 Å². The number of hydrogen-bond acceptors (Lipinski definition) is 4. The number of hydrogen-bond donors (Lipinski definition) is 0. The summed E-state index contributed by atoms with van der Waals surface area (Å²) in [4.78, 5) is 15.1. The number of rotatable bonds is 3. The van der Waals surface area contributed by atoms with Crippen LogP contribution in [0.5, 0.6) is 0 Å². The fourth-order valence-corrected chi connectivity index (χ4v) is 2.85. The van der Waals surface area contributed by atoms with E-state index in [2.05, 4.69) is 39.6 Å². The molecule has 6 heteroatoms. The van der Waals surface area contributed by atoms with Gasteiger partial charge in [-0.2, -0.15) is 0 Å². The molecule has 0 unspecified atom stereocenters. The maximum absolute atomic E-state index is 10.8. The van der Waals surface area contributed by atoms with Gasteiger partial charge < -0.3 is 4.90 Å². The minimum atomic E-state index is -0.370. The lowest BCUT2D eigenvalue weighted by Crippen LogP contribution is -2.48. The molecule has 2 rings (SSSR count). The number of nitrogens with zero attached hydrogens (tertiary/aromatic N) is 3. The normalized spacial score (nSPS) is 16.9. The van der Waals surface area contributed by atoms with Gasteiger partial charge >= 0.3 is 0 Å². The van der Waals surface area contributed by atoms with Crippen LogP contribution in [0.2, 0.25) is 0 Å². The van der Waals surface area contributed by atoms with Crippen molar-refractivity contribution in [2.45, 2.75) is 19.9 Å². The molecule has 0 N–H and O–H groups in total. The molecule has 0 amide bonds. The third-order valence-electron chi connectivity index (χ3n) is 3.54. The molecular weight excluding hydrogens is 310 g/mol. The lowest BCUT2D eigenvalue weighted by Gasteiger charge is -2.38. The topological polar surface area (TPSA) is 49.6 Å². The first-order chi connectivity index (χ1) is 8.99. The van der Waals surface area contributed by atoms with Gasteiger partial charge in [0.25, 0.3) is 5.69 Å². The number of nitro benzene ring substituents is 1. The molecule has 0 saturated carbocycles. The van der Waals surface area contributed by atoms with Gasteiger partial charge in [-0.3, -0.25) is 15.0 Å². The highest BCUT2D eigenvalue weighted by Gasteiger charge is 2.20. The van der Waals surface area contributed by atoms with Crippen LogP contribution in [0.15, 0.2) is 22.7 Å². The van der Waals surface area contributed by atoms with Crippen LogP contribution in [-0.4, -0.2) is 42.0 Å². The van der Waals surface area contributed by atoms with Crippen molar-refractivity contribution in [3.8, 4) is 0 Å². The third-order valence-corrected chi connectivity index (χ3v) is 4.17. The average molecular weight is 328 g/mol. The Morgan fingerprint density at radius 2 is 1.89 bits per heavy atom. The molecule has 19 heavy (non-hydrogen) atoms. The van der Waals surface area contributed by atoms with Crippen molar-refractivity contribution in [3.05, 3.63) is 32.8 Å². The molecule has 1 saturated heterocycles. The Hall–Kier alpha value is -1.14. The summed E-state index contributed by atoms with van der Waals surface area (Å²) in [5, 5.41) is 10.8. The maximum atomic E-state index is 10.8. The van der Waals surface area contributed by atoms with E-state index in [-0.39, 0.29) is 10.6 Å². The fourth-order valence-electron chi connectivity index (χ4n) is 2.34. The molecule has 1 heterocycles. The summed E-state index contributed by atoms with van der Waals surface area (Å²) in [5.41, 5.74) is 1.16. The third kappa shape index (κ3) is 3.25. The monoisotopic (exact) mass is 327 g/mol. The Morgan fingerprint density at radius 3 is 2.37 bits per heavy atom. The molecular formula is C13H18BrN3O2. The van der Waals surface area contributed by atoms with E-state index in [1.54, 1.807) is 6.07 Å². The molecule has 0 bridgehead atoms. The Bertz CT molecular complexity index is 471. The van der Waals surface area contributed by atoms with Crippen LogP contribution in [0.3, 0.4) is 0 Å². The highest BCUT2D eigenvalue weighted by atomic mass is 79.9. The Balaban J connectivity index is 2.08. The van der Waals surface area contributed by atoms with Gasteiger partial charge in [0.15, 0.2) is 0 Å². The highest BCUT2D eigenvalue weighted by molar-refractivity contribution is 9.10. The predicted molar refractivity (Wildman–Crippen MR) is 79.7 cm³/mol. The van der Waals surface area contributed by atoms with E-state index in [4.69, 9.17) is 0 Å². The summed E-state index contributed by atoms with van der Waals surface area (Å²) in [5.74, 6) is 0. The molecule has 1 aromatic carbocycles. The van der Waals surface area contributed by atoms with Crippen molar-refractivity contribution in [2.75, 3.05) is 31.1 Å². The maximum Gasteiger partial charge on any atom is 0.283 e. The predicted octanol–water partition coefficient (Wildman–Crippen LogP) is 2.89. The Morgan fingerprint density at radius 1 is 1.26 bits per heavy atom. The number of nitro groups is 1. The molecule has 0 aromatic heterocycles. The van der Waals surface area contributed by atoms with Gasteiger partial charge in [-0.1, -0.05) is 0 Å². The summed E-state index contributed by atoms with van der Waals surface area (Å²) in [6.45, 7) is 8.40. The molecule has 104 valence electrons. The van der Waals surface area contributed by atoms with Crippen LogP contribution in [0.1, 0.15) is 13.8 Å². The van der Waals surface area contributed by atoms with E-state index in [9.17, 15) is 10.1 Å². The molecule has 1 aliphatic heterocycles. The molecule has 1 fully saturated rings. The Kier molecular flexibility index (Phi) is 4.42. The molecule has 5 nitrogen and oxygen atoms in total. The van der Waals surface area contributed by atoms with E-state index in [0.717, 1.165) is 31.9 Å². The van der Waals surface area contributed by atoms with Crippen LogP contribution in [-0.2, 0) is 0 Å². The molecule has 1 aliphatic rings. The second-order valence-corrected chi connectivity index (χ2v) is 5.86. The molecule has 0 spiro atoms. The summed E-state index contributed by atoms with van der Waals surface area (Å²) in [6.07, 6.45) is 0. The standard InChI is InChI=1S/C13H18BrN3O2/c1-10(2)15-5-7-16(8-6-15)11-3-4-13(17(18)19)12(14)9-11/h3-4,9-10H,5-8H2,1-2H3. The van der Waals surface area contributed by atoms with E-state index >= 15 is 0 Å². The second kappa shape index (κ2) is 5.88. The fraction of sp³-hybridized carbons (Fsp3) is 0.538. The van der Waals surface area contributed by atoms with Crippen LogP contribution in [0.25, 0.3) is 0 Å². The Labute approximate surface area is 121 Å². The summed E-state index contributed by atoms with van der Waals surface area (Å²) < 4.78 is 0.543. The number of halogens is 1. The van der Waals surface area contributed by atoms with Gasteiger partial charge in [0.05, 0.1) is 9.40 Å². The summed E-state index contributed by atoms with van der Waals surface area (Å²) in [6, 6.07) is 5.80. The van der Waals surface area contributed by atoms with Gasteiger partial charge in [-0.25, -0.2) is 0 Å². The quantitative estimate of drug-likeness (QED) is 0.632.